The van der Waals surface area contributed by atoms with Crippen LogP contribution in [0.1, 0.15) is 11.1 Å². The van der Waals surface area contributed by atoms with E-state index in [2.05, 4.69) is 65.9 Å². The number of hydrogen-bond donors (Lipinski definition) is 0. The molecule has 2 aromatic carbocycles. The summed E-state index contributed by atoms with van der Waals surface area (Å²) in [5.41, 5.74) is 4.80. The molecule has 104 valence electrons. The third kappa shape index (κ3) is 3.84. The second-order valence-corrected chi connectivity index (χ2v) is 5.18. The van der Waals surface area contributed by atoms with Crippen molar-refractivity contribution in [1.29, 1.82) is 0 Å². The zero-order valence-corrected chi connectivity index (χ0v) is 13.8. The van der Waals surface area contributed by atoms with Gasteiger partial charge in [-0.1, -0.05) is 58.5 Å². The molecule has 0 saturated heterocycles. The Balaban J connectivity index is 2.39. The number of rotatable bonds is 5. The monoisotopic (exact) mass is 380 g/mol. The van der Waals surface area contributed by atoms with Gasteiger partial charge in [-0.05, 0) is 45.9 Å². The average Bonchev–Trinajstić information content (AvgIpc) is 2.47. The van der Waals surface area contributed by atoms with E-state index in [1.807, 2.05) is 16.2 Å². The zero-order chi connectivity index (χ0) is 14.4. The summed E-state index contributed by atoms with van der Waals surface area (Å²) in [6, 6.07) is 14.6. The maximum Gasteiger partial charge on any atom is 0.188 e. The van der Waals surface area contributed by atoms with Gasteiger partial charge in [-0.2, -0.15) is 0 Å². The summed E-state index contributed by atoms with van der Waals surface area (Å²) in [5, 5.41) is 0. The van der Waals surface area contributed by atoms with E-state index in [0.717, 1.165) is 11.3 Å². The van der Waals surface area contributed by atoms with Crippen molar-refractivity contribution in [2.45, 2.75) is 6.92 Å². The molecule has 0 aliphatic rings. The van der Waals surface area contributed by atoms with E-state index < -0.39 is 0 Å². The van der Waals surface area contributed by atoms with Crippen LogP contribution in [0.15, 0.2) is 46.5 Å². The maximum atomic E-state index is 5.49. The molecule has 0 N–H and O–H groups in total. The van der Waals surface area contributed by atoms with Gasteiger partial charge in [0, 0.05) is 7.11 Å². The Morgan fingerprint density at radius 1 is 1.10 bits per heavy atom. The summed E-state index contributed by atoms with van der Waals surface area (Å²) in [5.74, 6) is 0.812. The van der Waals surface area contributed by atoms with Gasteiger partial charge in [-0.25, -0.2) is 0 Å². The van der Waals surface area contributed by atoms with E-state index in [1.165, 1.54) is 16.7 Å². The minimum absolute atomic E-state index is 0.261. The summed E-state index contributed by atoms with van der Waals surface area (Å²) >= 11 is 2.23. The van der Waals surface area contributed by atoms with Gasteiger partial charge in [-0.3, -0.25) is 0 Å². The van der Waals surface area contributed by atoms with Crippen molar-refractivity contribution < 1.29 is 9.47 Å². The van der Waals surface area contributed by atoms with E-state index in [9.17, 15) is 0 Å². The predicted octanol–water partition coefficient (Wildman–Crippen LogP) is 5.05. The molecule has 3 heteroatoms. The molecule has 0 heterocycles. The Morgan fingerprint density at radius 2 is 1.85 bits per heavy atom. The van der Waals surface area contributed by atoms with Crippen molar-refractivity contribution in [3.05, 3.63) is 57.7 Å². The molecule has 0 bridgehead atoms. The number of halogens is 1. The summed E-state index contributed by atoms with van der Waals surface area (Å²) in [6.45, 7) is 2.36. The molecule has 2 aromatic rings. The second kappa shape index (κ2) is 7.45. The molecular formula is C17H17IO2. The van der Waals surface area contributed by atoms with Gasteiger partial charge >= 0.3 is 0 Å². The molecule has 0 atom stereocenters. The highest BCUT2D eigenvalue weighted by atomic mass is 127. The topological polar surface area (TPSA) is 18.5 Å². The van der Waals surface area contributed by atoms with Crippen molar-refractivity contribution in [3.8, 4) is 16.9 Å². The molecule has 0 aromatic heterocycles. The fraction of sp³-hybridized carbons (Fsp3) is 0.176. The molecule has 0 fully saturated rings. The zero-order valence-electron chi connectivity index (χ0n) is 11.6. The second-order valence-electron chi connectivity index (χ2n) is 4.46. The van der Waals surface area contributed by atoms with Crippen LogP contribution in [0.3, 0.4) is 0 Å². The van der Waals surface area contributed by atoms with E-state index in [-0.39, 0.29) is 6.79 Å². The Kier molecular flexibility index (Phi) is 5.61. The molecule has 0 radical (unpaired) electrons. The average molecular weight is 380 g/mol. The highest BCUT2D eigenvalue weighted by molar-refractivity contribution is 14.1. The van der Waals surface area contributed by atoms with Crippen molar-refractivity contribution in [2.75, 3.05) is 13.9 Å². The van der Waals surface area contributed by atoms with Crippen molar-refractivity contribution in [2.24, 2.45) is 0 Å². The standard InChI is InChI=1S/C17H17IO2/c1-13-3-5-14(6-4-13)17-8-7-16(20-12-19-2)11-15(17)9-10-18/h3-11H,12H2,1-2H3. The van der Waals surface area contributed by atoms with Crippen LogP contribution in [0, 0.1) is 6.92 Å². The Hall–Kier alpha value is -1.33. The Labute approximate surface area is 133 Å². The predicted molar refractivity (Wildman–Crippen MR) is 92.2 cm³/mol. The fourth-order valence-electron chi connectivity index (χ4n) is 1.96. The lowest BCUT2D eigenvalue weighted by Crippen LogP contribution is -1.99. The molecule has 0 amide bonds. The van der Waals surface area contributed by atoms with Crippen LogP contribution < -0.4 is 4.74 Å². The van der Waals surface area contributed by atoms with Gasteiger partial charge < -0.3 is 9.47 Å². The van der Waals surface area contributed by atoms with Crippen LogP contribution in [0.2, 0.25) is 0 Å². The summed E-state index contributed by atoms with van der Waals surface area (Å²) < 4.78 is 12.4. The van der Waals surface area contributed by atoms with Gasteiger partial charge in [0.1, 0.15) is 5.75 Å². The van der Waals surface area contributed by atoms with Gasteiger partial charge in [0.25, 0.3) is 0 Å². The van der Waals surface area contributed by atoms with Crippen LogP contribution in [0.25, 0.3) is 17.2 Å². The summed E-state index contributed by atoms with van der Waals surface area (Å²) in [4.78, 5) is 0. The first-order valence-electron chi connectivity index (χ1n) is 6.34. The van der Waals surface area contributed by atoms with Gasteiger partial charge in [0.2, 0.25) is 0 Å². The van der Waals surface area contributed by atoms with E-state index in [1.54, 1.807) is 7.11 Å². The minimum Gasteiger partial charge on any atom is -0.468 e. The smallest absolute Gasteiger partial charge is 0.188 e. The first-order valence-corrected chi connectivity index (χ1v) is 7.58. The van der Waals surface area contributed by atoms with Crippen molar-refractivity contribution >= 4 is 28.7 Å². The SMILES string of the molecule is COCOc1ccc(-c2ccc(C)cc2)c(C=CI)c1. The normalized spacial score (nSPS) is 10.9. The van der Waals surface area contributed by atoms with Crippen LogP contribution in [-0.2, 0) is 4.74 Å². The van der Waals surface area contributed by atoms with Crippen molar-refractivity contribution in [1.82, 2.24) is 0 Å². The summed E-state index contributed by atoms with van der Waals surface area (Å²) in [6.07, 6.45) is 2.08. The Bertz CT molecular complexity index is 588. The molecule has 2 nitrogen and oxygen atoms in total. The first-order chi connectivity index (χ1) is 9.74. The molecule has 0 unspecified atom stereocenters. The molecule has 2 rings (SSSR count). The van der Waals surface area contributed by atoms with Crippen LogP contribution in [-0.4, -0.2) is 13.9 Å². The van der Waals surface area contributed by atoms with Crippen molar-refractivity contribution in [3.63, 3.8) is 0 Å². The molecule has 20 heavy (non-hydrogen) atoms. The number of ether oxygens (including phenoxy) is 2. The molecule has 0 saturated carbocycles. The van der Waals surface area contributed by atoms with Crippen LogP contribution >= 0.6 is 22.6 Å². The lowest BCUT2D eigenvalue weighted by atomic mass is 9.98. The van der Waals surface area contributed by atoms with Crippen LogP contribution in [0.4, 0.5) is 0 Å². The van der Waals surface area contributed by atoms with Crippen LogP contribution in [0.5, 0.6) is 5.75 Å². The van der Waals surface area contributed by atoms with E-state index in [0.29, 0.717) is 0 Å². The first kappa shape index (κ1) is 15.1. The molecule has 0 aliphatic heterocycles. The maximum absolute atomic E-state index is 5.49. The third-order valence-electron chi connectivity index (χ3n) is 2.97. The van der Waals surface area contributed by atoms with Gasteiger partial charge in [0.15, 0.2) is 6.79 Å². The molecule has 0 aliphatic carbocycles. The minimum atomic E-state index is 0.261. The highest BCUT2D eigenvalue weighted by Crippen LogP contribution is 2.29. The van der Waals surface area contributed by atoms with E-state index >= 15 is 0 Å². The van der Waals surface area contributed by atoms with Gasteiger partial charge in [0.05, 0.1) is 0 Å². The number of methoxy groups -OCH3 is 1. The van der Waals surface area contributed by atoms with Gasteiger partial charge in [-0.15, -0.1) is 0 Å². The molecule has 0 spiro atoms. The lowest BCUT2D eigenvalue weighted by Gasteiger charge is -2.10. The number of benzene rings is 2. The Morgan fingerprint density at radius 3 is 2.50 bits per heavy atom. The molecular weight excluding hydrogens is 363 g/mol. The largest absolute Gasteiger partial charge is 0.468 e. The summed E-state index contributed by atoms with van der Waals surface area (Å²) in [7, 11) is 1.62. The number of hydrogen-bond acceptors (Lipinski definition) is 2. The third-order valence-corrected chi connectivity index (χ3v) is 3.33. The lowest BCUT2D eigenvalue weighted by molar-refractivity contribution is 0.0511. The fourth-order valence-corrected chi connectivity index (χ4v) is 2.35. The quantitative estimate of drug-likeness (QED) is 0.534. The highest BCUT2D eigenvalue weighted by Gasteiger charge is 2.05. The van der Waals surface area contributed by atoms with E-state index in [4.69, 9.17) is 9.47 Å². The number of aryl methyl sites for hydroxylation is 1.